The summed E-state index contributed by atoms with van der Waals surface area (Å²) in [6.45, 7) is 4.65. The fraction of sp³-hybridized carbons (Fsp3) is 0.0612. The van der Waals surface area contributed by atoms with E-state index in [9.17, 15) is 8.42 Å². The molecule has 8 aromatic carbocycles. The number of aromatic nitrogens is 1. The summed E-state index contributed by atoms with van der Waals surface area (Å²) < 4.78 is 37.5. The van der Waals surface area contributed by atoms with Gasteiger partial charge in [0, 0.05) is 38.2 Å². The van der Waals surface area contributed by atoms with Crippen LogP contribution in [0.25, 0.3) is 82.5 Å². The van der Waals surface area contributed by atoms with Crippen LogP contribution in [-0.2, 0) is 15.3 Å². The minimum Gasteiger partial charge on any atom is -0.454 e. The molecule has 0 unspecified atom stereocenters. The molecule has 54 heavy (non-hydrogen) atoms. The summed E-state index contributed by atoms with van der Waals surface area (Å²) >= 11 is 0. The van der Waals surface area contributed by atoms with Crippen LogP contribution < -0.4 is 0 Å². The van der Waals surface area contributed by atoms with Gasteiger partial charge in [-0.05, 0) is 87.1 Å². The highest BCUT2D eigenvalue weighted by Gasteiger charge is 2.36. The number of hydrogen-bond donors (Lipinski definition) is 0. The maximum absolute atomic E-state index is 14.2. The quantitative estimate of drug-likeness (QED) is 0.182. The summed E-state index contributed by atoms with van der Waals surface area (Å²) in [6.07, 6.45) is 0. The van der Waals surface area contributed by atoms with Crippen molar-refractivity contribution in [2.45, 2.75) is 29.1 Å². The molecule has 10 aromatic rings. The molecule has 0 atom stereocenters. The molecule has 0 fully saturated rings. The van der Waals surface area contributed by atoms with Gasteiger partial charge in [-0.15, -0.1) is 0 Å². The molecular weight excluding hydrogens is 683 g/mol. The molecule has 1 aliphatic carbocycles. The summed E-state index contributed by atoms with van der Waals surface area (Å²) in [4.78, 5) is 0.403. The smallest absolute Gasteiger partial charge is 0.210 e. The predicted octanol–water partition coefficient (Wildman–Crippen LogP) is 12.6. The molecule has 0 saturated heterocycles. The normalized spacial score (nSPS) is 13.7. The van der Waals surface area contributed by atoms with Crippen molar-refractivity contribution in [2.24, 2.45) is 0 Å². The van der Waals surface area contributed by atoms with Crippen LogP contribution >= 0.6 is 0 Å². The largest absolute Gasteiger partial charge is 0.454 e. The average Bonchev–Trinajstić information content (AvgIpc) is 3.82. The van der Waals surface area contributed by atoms with Crippen LogP contribution in [0.15, 0.2) is 178 Å². The lowest BCUT2D eigenvalue weighted by Crippen LogP contribution is -2.14. The SMILES string of the molecule is CC1(C)c2ccccc2-c2cc3c4ccccc4n(-c4cccc(-c5cccc6c5oc5c(S(=O)(=O)c7ccc8ccccc8c7)cccc56)c4)c3cc21. The summed E-state index contributed by atoms with van der Waals surface area (Å²) in [5.41, 5.74) is 11.4. The van der Waals surface area contributed by atoms with E-state index >= 15 is 0 Å². The van der Waals surface area contributed by atoms with Crippen molar-refractivity contribution < 1.29 is 12.8 Å². The van der Waals surface area contributed by atoms with Crippen LogP contribution in [0, 0.1) is 0 Å². The molecule has 0 saturated carbocycles. The van der Waals surface area contributed by atoms with E-state index in [0.717, 1.165) is 43.9 Å². The molecule has 258 valence electrons. The average molecular weight is 716 g/mol. The molecule has 0 amide bonds. The fourth-order valence-electron chi connectivity index (χ4n) is 8.95. The lowest BCUT2D eigenvalue weighted by Gasteiger charge is -2.21. The lowest BCUT2D eigenvalue weighted by molar-refractivity contribution is 0.592. The van der Waals surface area contributed by atoms with Gasteiger partial charge in [0.2, 0.25) is 9.84 Å². The third kappa shape index (κ3) is 4.27. The first-order valence-electron chi connectivity index (χ1n) is 18.3. The van der Waals surface area contributed by atoms with E-state index in [0.29, 0.717) is 11.2 Å². The fourth-order valence-corrected chi connectivity index (χ4v) is 10.4. The highest BCUT2D eigenvalue weighted by atomic mass is 32.2. The number of nitrogens with zero attached hydrogens (tertiary/aromatic N) is 1. The van der Waals surface area contributed by atoms with Gasteiger partial charge >= 0.3 is 0 Å². The molecule has 4 nitrogen and oxygen atoms in total. The molecule has 0 aliphatic heterocycles. The first kappa shape index (κ1) is 31.1. The first-order chi connectivity index (χ1) is 26.3. The standard InChI is InChI=1S/C49H33NO3S/c1-49(2)42-21-7-5-16-36(42)40-28-41-37-17-6-8-22-44(37)50(45(41)29-43(40)49)33-15-9-14-32(26-33)35-18-10-19-38-39-20-11-23-46(48(39)53-47(35)38)54(51,52)34-25-24-30-12-3-4-13-31(30)27-34/h3-29H,1-2H3. The second-order valence-electron chi connectivity index (χ2n) is 14.9. The molecule has 0 bridgehead atoms. The topological polar surface area (TPSA) is 52.2 Å². The Morgan fingerprint density at radius 1 is 0.500 bits per heavy atom. The summed E-state index contributed by atoms with van der Waals surface area (Å²) in [7, 11) is -3.89. The molecule has 0 N–H and O–H groups in total. The van der Waals surface area contributed by atoms with Gasteiger partial charge in [0.05, 0.1) is 15.9 Å². The lowest BCUT2D eigenvalue weighted by atomic mass is 9.82. The van der Waals surface area contributed by atoms with Crippen molar-refractivity contribution in [2.75, 3.05) is 0 Å². The zero-order chi connectivity index (χ0) is 36.3. The molecule has 0 radical (unpaired) electrons. The Bertz CT molecular complexity index is 3330. The highest BCUT2D eigenvalue weighted by Crippen LogP contribution is 2.51. The second kappa shape index (κ2) is 11.0. The van der Waals surface area contributed by atoms with Crippen LogP contribution in [0.4, 0.5) is 0 Å². The van der Waals surface area contributed by atoms with Crippen molar-refractivity contribution in [3.8, 4) is 27.9 Å². The second-order valence-corrected chi connectivity index (χ2v) is 16.8. The maximum Gasteiger partial charge on any atom is 0.210 e. The molecule has 0 spiro atoms. The predicted molar refractivity (Wildman–Crippen MR) is 220 cm³/mol. The summed E-state index contributed by atoms with van der Waals surface area (Å²) in [6, 6.07) is 55.3. The number of hydrogen-bond acceptors (Lipinski definition) is 3. The van der Waals surface area contributed by atoms with E-state index in [4.69, 9.17) is 4.42 Å². The Morgan fingerprint density at radius 3 is 2.09 bits per heavy atom. The van der Waals surface area contributed by atoms with Crippen molar-refractivity contribution in [1.82, 2.24) is 4.57 Å². The van der Waals surface area contributed by atoms with Gasteiger partial charge in [0.1, 0.15) is 10.5 Å². The zero-order valence-electron chi connectivity index (χ0n) is 29.7. The van der Waals surface area contributed by atoms with Gasteiger partial charge in [-0.25, -0.2) is 8.42 Å². The van der Waals surface area contributed by atoms with Crippen LogP contribution in [0.3, 0.4) is 0 Å². The van der Waals surface area contributed by atoms with Crippen LogP contribution in [-0.4, -0.2) is 13.0 Å². The molecule has 2 aromatic heterocycles. The highest BCUT2D eigenvalue weighted by molar-refractivity contribution is 7.91. The van der Waals surface area contributed by atoms with Crippen LogP contribution in [0.5, 0.6) is 0 Å². The van der Waals surface area contributed by atoms with Crippen molar-refractivity contribution in [3.05, 3.63) is 175 Å². The summed E-state index contributed by atoms with van der Waals surface area (Å²) in [5, 5.41) is 5.94. The number of benzene rings is 8. The van der Waals surface area contributed by atoms with Gasteiger partial charge in [-0.2, -0.15) is 0 Å². The van der Waals surface area contributed by atoms with Gasteiger partial charge in [0.25, 0.3) is 0 Å². The minimum absolute atomic E-state index is 0.124. The van der Waals surface area contributed by atoms with Crippen molar-refractivity contribution >= 4 is 64.4 Å². The van der Waals surface area contributed by atoms with E-state index in [1.54, 1.807) is 24.3 Å². The van der Waals surface area contributed by atoms with Gasteiger partial charge in [-0.1, -0.05) is 129 Å². The van der Waals surface area contributed by atoms with E-state index in [-0.39, 0.29) is 15.2 Å². The summed E-state index contributed by atoms with van der Waals surface area (Å²) in [5.74, 6) is 0. The third-order valence-electron chi connectivity index (χ3n) is 11.6. The Morgan fingerprint density at radius 2 is 1.20 bits per heavy atom. The number of rotatable bonds is 4. The Labute approximate surface area is 312 Å². The molecule has 11 rings (SSSR count). The van der Waals surface area contributed by atoms with E-state index in [2.05, 4.69) is 109 Å². The van der Waals surface area contributed by atoms with E-state index in [1.165, 1.54) is 38.5 Å². The minimum atomic E-state index is -3.89. The Hall–Kier alpha value is -6.43. The van der Waals surface area contributed by atoms with Gasteiger partial charge in [-0.3, -0.25) is 0 Å². The number of fused-ring (bicyclic) bond motifs is 10. The molecular formula is C49H33NO3S. The Kier molecular flexibility index (Phi) is 6.37. The third-order valence-corrected chi connectivity index (χ3v) is 13.4. The number of sulfone groups is 1. The monoisotopic (exact) mass is 715 g/mol. The maximum atomic E-state index is 14.2. The molecule has 1 aliphatic rings. The van der Waals surface area contributed by atoms with Crippen LogP contribution in [0.1, 0.15) is 25.0 Å². The molecule has 5 heteroatoms. The first-order valence-corrected chi connectivity index (χ1v) is 19.7. The van der Waals surface area contributed by atoms with E-state index < -0.39 is 9.84 Å². The van der Waals surface area contributed by atoms with Gasteiger partial charge < -0.3 is 8.98 Å². The Balaban J connectivity index is 1.09. The van der Waals surface area contributed by atoms with Crippen molar-refractivity contribution in [3.63, 3.8) is 0 Å². The molecule has 2 heterocycles. The zero-order valence-corrected chi connectivity index (χ0v) is 30.5. The van der Waals surface area contributed by atoms with Gasteiger partial charge in [0.15, 0.2) is 5.58 Å². The number of furan rings is 1. The number of para-hydroxylation sites is 3. The van der Waals surface area contributed by atoms with E-state index in [1.807, 2.05) is 48.5 Å². The van der Waals surface area contributed by atoms with Crippen molar-refractivity contribution in [1.29, 1.82) is 0 Å². The van der Waals surface area contributed by atoms with Crippen LogP contribution in [0.2, 0.25) is 0 Å².